The highest BCUT2D eigenvalue weighted by molar-refractivity contribution is 5.74. The van der Waals surface area contributed by atoms with E-state index in [0.717, 1.165) is 37.8 Å². The van der Waals surface area contributed by atoms with E-state index in [0.29, 0.717) is 0 Å². The monoisotopic (exact) mass is 212 g/mol. The molecule has 0 aromatic carbocycles. The molecule has 1 aliphatic heterocycles. The minimum Gasteiger partial charge on any atom is -0.336 e. The smallest absolute Gasteiger partial charge is 0.317 e. The normalized spacial score (nSPS) is 18.7. The molecule has 1 rings (SSSR count). The summed E-state index contributed by atoms with van der Waals surface area (Å²) in [6.07, 6.45) is 2.31. The van der Waals surface area contributed by atoms with Crippen LogP contribution in [0.5, 0.6) is 0 Å². The van der Waals surface area contributed by atoms with Crippen LogP contribution in [0.4, 0.5) is 4.79 Å². The highest BCUT2D eigenvalue weighted by Gasteiger charge is 2.24. The Hall–Kier alpha value is -0.730. The van der Waals surface area contributed by atoms with Gasteiger partial charge in [-0.3, -0.25) is 0 Å². The van der Waals surface area contributed by atoms with Crippen molar-refractivity contribution in [1.82, 2.24) is 10.2 Å². The predicted octanol–water partition coefficient (Wildman–Crippen LogP) is 2.47. The average molecular weight is 212 g/mol. The first kappa shape index (κ1) is 12.3. The Morgan fingerprint density at radius 3 is 2.13 bits per heavy atom. The molecular weight excluding hydrogens is 188 g/mol. The summed E-state index contributed by atoms with van der Waals surface area (Å²) in [6.45, 7) is 10.4. The van der Waals surface area contributed by atoms with Crippen LogP contribution in [-0.2, 0) is 0 Å². The van der Waals surface area contributed by atoms with E-state index in [1.807, 2.05) is 18.7 Å². The van der Waals surface area contributed by atoms with Gasteiger partial charge < -0.3 is 10.2 Å². The maximum atomic E-state index is 11.7. The van der Waals surface area contributed by atoms with E-state index in [1.165, 1.54) is 0 Å². The Balaban J connectivity index is 2.34. The molecule has 0 aromatic heterocycles. The number of hydrogen-bond acceptors (Lipinski definition) is 1. The highest BCUT2D eigenvalue weighted by atomic mass is 16.2. The summed E-state index contributed by atoms with van der Waals surface area (Å²) >= 11 is 0. The summed E-state index contributed by atoms with van der Waals surface area (Å²) in [6, 6.07) is 0.340. The van der Waals surface area contributed by atoms with Crippen molar-refractivity contribution in [1.29, 1.82) is 0 Å². The fourth-order valence-electron chi connectivity index (χ4n) is 2.11. The van der Waals surface area contributed by atoms with Crippen molar-refractivity contribution in [2.45, 2.75) is 46.6 Å². The van der Waals surface area contributed by atoms with Gasteiger partial charge in [-0.2, -0.15) is 0 Å². The molecule has 3 nitrogen and oxygen atoms in total. The SMILES string of the molecule is CC(C)NC(=O)N1CCC(C(C)C)CC1. The summed E-state index contributed by atoms with van der Waals surface area (Å²) in [5, 5.41) is 2.94. The van der Waals surface area contributed by atoms with Crippen LogP contribution in [0.3, 0.4) is 0 Å². The van der Waals surface area contributed by atoms with Gasteiger partial charge in [-0.05, 0) is 38.5 Å². The molecule has 0 spiro atoms. The summed E-state index contributed by atoms with van der Waals surface area (Å²) < 4.78 is 0. The number of carbonyl (C=O) groups is 1. The molecule has 0 saturated carbocycles. The van der Waals surface area contributed by atoms with E-state index < -0.39 is 0 Å². The van der Waals surface area contributed by atoms with Crippen molar-refractivity contribution in [2.24, 2.45) is 11.8 Å². The van der Waals surface area contributed by atoms with Crippen molar-refractivity contribution in [3.63, 3.8) is 0 Å². The van der Waals surface area contributed by atoms with Gasteiger partial charge in [0.15, 0.2) is 0 Å². The summed E-state index contributed by atoms with van der Waals surface area (Å²) in [7, 11) is 0. The zero-order valence-corrected chi connectivity index (χ0v) is 10.4. The Labute approximate surface area is 93.2 Å². The fourth-order valence-corrected chi connectivity index (χ4v) is 2.11. The molecule has 1 fully saturated rings. The van der Waals surface area contributed by atoms with Crippen LogP contribution in [0.2, 0.25) is 0 Å². The third-order valence-corrected chi connectivity index (χ3v) is 3.18. The Morgan fingerprint density at radius 1 is 1.20 bits per heavy atom. The van der Waals surface area contributed by atoms with Gasteiger partial charge in [0, 0.05) is 19.1 Å². The van der Waals surface area contributed by atoms with E-state index in [2.05, 4.69) is 19.2 Å². The van der Waals surface area contributed by atoms with Crippen molar-refractivity contribution in [2.75, 3.05) is 13.1 Å². The lowest BCUT2D eigenvalue weighted by atomic mass is 9.87. The van der Waals surface area contributed by atoms with Crippen LogP contribution >= 0.6 is 0 Å². The van der Waals surface area contributed by atoms with Gasteiger partial charge in [0.2, 0.25) is 0 Å². The minimum absolute atomic E-state index is 0.104. The minimum atomic E-state index is 0.104. The van der Waals surface area contributed by atoms with Crippen LogP contribution in [-0.4, -0.2) is 30.1 Å². The third-order valence-electron chi connectivity index (χ3n) is 3.18. The molecule has 1 N–H and O–H groups in total. The predicted molar refractivity (Wildman–Crippen MR) is 62.8 cm³/mol. The zero-order valence-electron chi connectivity index (χ0n) is 10.4. The van der Waals surface area contributed by atoms with E-state index in [4.69, 9.17) is 0 Å². The first-order valence-corrected chi connectivity index (χ1v) is 6.06. The second-order valence-electron chi connectivity index (χ2n) is 5.17. The first-order valence-electron chi connectivity index (χ1n) is 6.06. The molecule has 15 heavy (non-hydrogen) atoms. The lowest BCUT2D eigenvalue weighted by Gasteiger charge is -2.34. The van der Waals surface area contributed by atoms with Gasteiger partial charge in [0.25, 0.3) is 0 Å². The highest BCUT2D eigenvalue weighted by Crippen LogP contribution is 2.24. The molecule has 1 saturated heterocycles. The molecule has 1 aliphatic rings. The van der Waals surface area contributed by atoms with E-state index in [-0.39, 0.29) is 12.1 Å². The third kappa shape index (κ3) is 3.73. The lowest BCUT2D eigenvalue weighted by molar-refractivity contribution is 0.155. The molecule has 0 radical (unpaired) electrons. The standard InChI is InChI=1S/C12H24N2O/c1-9(2)11-5-7-14(8-6-11)12(15)13-10(3)4/h9-11H,5-8H2,1-4H3,(H,13,15). The number of urea groups is 1. The Morgan fingerprint density at radius 2 is 1.73 bits per heavy atom. The van der Waals surface area contributed by atoms with Gasteiger partial charge in [0.05, 0.1) is 0 Å². The van der Waals surface area contributed by atoms with Crippen molar-refractivity contribution >= 4 is 6.03 Å². The maximum Gasteiger partial charge on any atom is 0.317 e. The average Bonchev–Trinajstić information content (AvgIpc) is 2.17. The molecule has 3 heteroatoms. The van der Waals surface area contributed by atoms with Gasteiger partial charge in [-0.1, -0.05) is 13.8 Å². The molecular formula is C12H24N2O. The quantitative estimate of drug-likeness (QED) is 0.749. The second kappa shape index (κ2) is 5.38. The molecule has 0 unspecified atom stereocenters. The van der Waals surface area contributed by atoms with Gasteiger partial charge >= 0.3 is 6.03 Å². The summed E-state index contributed by atoms with van der Waals surface area (Å²) in [5.41, 5.74) is 0. The number of piperidine rings is 1. The van der Waals surface area contributed by atoms with Crippen molar-refractivity contribution < 1.29 is 4.79 Å². The van der Waals surface area contributed by atoms with Crippen molar-refractivity contribution in [3.05, 3.63) is 0 Å². The molecule has 0 aromatic rings. The largest absolute Gasteiger partial charge is 0.336 e. The van der Waals surface area contributed by atoms with Crippen LogP contribution in [0.1, 0.15) is 40.5 Å². The number of nitrogens with one attached hydrogen (secondary N) is 1. The van der Waals surface area contributed by atoms with Crippen molar-refractivity contribution in [3.8, 4) is 0 Å². The van der Waals surface area contributed by atoms with Gasteiger partial charge in [-0.25, -0.2) is 4.79 Å². The molecule has 2 amide bonds. The number of carbonyl (C=O) groups excluding carboxylic acids is 1. The summed E-state index contributed by atoms with van der Waals surface area (Å²) in [5.74, 6) is 1.55. The van der Waals surface area contributed by atoms with E-state index >= 15 is 0 Å². The Bertz CT molecular complexity index is 206. The first-order chi connectivity index (χ1) is 7.00. The van der Waals surface area contributed by atoms with E-state index in [1.54, 1.807) is 0 Å². The number of nitrogens with zero attached hydrogens (tertiary/aromatic N) is 1. The maximum absolute atomic E-state index is 11.7. The van der Waals surface area contributed by atoms with E-state index in [9.17, 15) is 4.79 Å². The number of amides is 2. The topological polar surface area (TPSA) is 32.3 Å². The number of rotatable bonds is 2. The van der Waals surface area contributed by atoms with Crippen LogP contribution < -0.4 is 5.32 Å². The Kier molecular flexibility index (Phi) is 4.43. The summed E-state index contributed by atoms with van der Waals surface area (Å²) in [4.78, 5) is 13.6. The molecule has 0 aliphatic carbocycles. The fraction of sp³-hybridized carbons (Fsp3) is 0.917. The molecule has 1 heterocycles. The van der Waals surface area contributed by atoms with Crippen LogP contribution in [0.15, 0.2) is 0 Å². The van der Waals surface area contributed by atoms with Gasteiger partial charge in [-0.15, -0.1) is 0 Å². The lowest BCUT2D eigenvalue weighted by Crippen LogP contribution is -2.47. The van der Waals surface area contributed by atoms with Crippen LogP contribution in [0.25, 0.3) is 0 Å². The molecule has 0 bridgehead atoms. The second-order valence-corrected chi connectivity index (χ2v) is 5.17. The van der Waals surface area contributed by atoms with Crippen LogP contribution in [0, 0.1) is 11.8 Å². The molecule has 88 valence electrons. The number of hydrogen-bond donors (Lipinski definition) is 1. The zero-order chi connectivity index (χ0) is 11.4. The number of likely N-dealkylation sites (tertiary alicyclic amines) is 1. The van der Waals surface area contributed by atoms with Gasteiger partial charge in [0.1, 0.15) is 0 Å². The molecule has 0 atom stereocenters.